The van der Waals surface area contributed by atoms with E-state index in [-0.39, 0.29) is 24.7 Å². The van der Waals surface area contributed by atoms with Crippen LogP contribution in [0.15, 0.2) is 84.1 Å². The first-order valence-corrected chi connectivity index (χ1v) is 12.8. The molecule has 0 saturated heterocycles. The number of oxime groups is 1. The van der Waals surface area contributed by atoms with Gasteiger partial charge < -0.3 is 9.57 Å². The molecule has 0 radical (unpaired) electrons. The quantitative estimate of drug-likeness (QED) is 0.144. The lowest BCUT2D eigenvalue weighted by Crippen LogP contribution is -2.14. The summed E-state index contributed by atoms with van der Waals surface area (Å²) in [5, 5.41) is 5.28. The Hall–Kier alpha value is -3.26. The van der Waals surface area contributed by atoms with E-state index in [0.717, 1.165) is 34.5 Å². The minimum absolute atomic E-state index is 0.0380. The largest absolute Gasteiger partial charge is 0.487 e. The minimum atomic E-state index is -4.50. The summed E-state index contributed by atoms with van der Waals surface area (Å²) in [5.74, 6) is 0.575. The normalized spacial score (nSPS) is 11.9. The second kappa shape index (κ2) is 12.7. The van der Waals surface area contributed by atoms with Gasteiger partial charge >= 0.3 is 6.18 Å². The van der Waals surface area contributed by atoms with Gasteiger partial charge in [0.15, 0.2) is 0 Å². The molecule has 0 fully saturated rings. The van der Waals surface area contributed by atoms with E-state index in [2.05, 4.69) is 10.1 Å². The van der Waals surface area contributed by atoms with Crippen LogP contribution in [0.25, 0.3) is 0 Å². The molecule has 0 amide bonds. The maximum atomic E-state index is 12.9. The number of hydrogen-bond acceptors (Lipinski definition) is 4. The monoisotopic (exact) mass is 592 g/mol. The fraction of sp³-hybridized carbons (Fsp3) is 0.172. The fourth-order valence-electron chi connectivity index (χ4n) is 3.53. The van der Waals surface area contributed by atoms with Gasteiger partial charge in [-0.05, 0) is 42.8 Å². The number of aryl methyl sites for hydroxylation is 1. The van der Waals surface area contributed by atoms with Crippen LogP contribution in [-0.2, 0) is 24.0 Å². The van der Waals surface area contributed by atoms with Gasteiger partial charge in [0.1, 0.15) is 24.7 Å². The number of alkyl halides is 3. The van der Waals surface area contributed by atoms with Crippen LogP contribution in [0.1, 0.15) is 33.5 Å². The standard InChI is InChI=1S/C29H22Cl3F3N2O2/c1-18-2-6-20(7-3-18)28(37-39-16-21-8-9-23(30)14-25(21)31)17-38-24-10-4-19(5-11-24)12-27-26(32)13-22(15-36-27)29(33,34)35/h2-11,13-15H,12,16-17H2,1H3/b37-28-. The molecule has 3 aromatic carbocycles. The molecular weight excluding hydrogens is 572 g/mol. The molecule has 1 heterocycles. The van der Waals surface area contributed by atoms with Crippen LogP contribution in [0.4, 0.5) is 13.2 Å². The first-order valence-electron chi connectivity index (χ1n) is 11.7. The summed E-state index contributed by atoms with van der Waals surface area (Å²) in [4.78, 5) is 9.49. The summed E-state index contributed by atoms with van der Waals surface area (Å²) < 4.78 is 44.5. The van der Waals surface area contributed by atoms with Crippen molar-refractivity contribution in [3.63, 3.8) is 0 Å². The van der Waals surface area contributed by atoms with Gasteiger partial charge in [0, 0.05) is 33.8 Å². The minimum Gasteiger partial charge on any atom is -0.487 e. The van der Waals surface area contributed by atoms with Gasteiger partial charge in [0.25, 0.3) is 0 Å². The number of pyridine rings is 1. The van der Waals surface area contributed by atoms with Crippen molar-refractivity contribution >= 4 is 40.5 Å². The Morgan fingerprint density at radius 2 is 1.62 bits per heavy atom. The summed E-state index contributed by atoms with van der Waals surface area (Å²) >= 11 is 18.2. The molecule has 0 saturated carbocycles. The molecule has 0 aliphatic carbocycles. The SMILES string of the molecule is Cc1ccc(/C(COc2ccc(Cc3ncc(C(F)(F)F)cc3Cl)cc2)=N\OCc2ccc(Cl)cc2Cl)cc1. The summed E-state index contributed by atoms with van der Waals surface area (Å²) in [6.07, 6.45) is -3.44. The van der Waals surface area contributed by atoms with E-state index < -0.39 is 11.7 Å². The highest BCUT2D eigenvalue weighted by atomic mass is 35.5. The van der Waals surface area contributed by atoms with E-state index >= 15 is 0 Å². The van der Waals surface area contributed by atoms with E-state index in [4.69, 9.17) is 44.4 Å². The molecule has 0 aliphatic heterocycles. The second-order valence-corrected chi connectivity index (χ2v) is 9.92. The van der Waals surface area contributed by atoms with Crippen LogP contribution in [0, 0.1) is 6.92 Å². The molecule has 39 heavy (non-hydrogen) atoms. The highest BCUT2D eigenvalue weighted by Crippen LogP contribution is 2.31. The predicted octanol–water partition coefficient (Wildman–Crippen LogP) is 8.96. The lowest BCUT2D eigenvalue weighted by molar-refractivity contribution is -0.137. The smallest absolute Gasteiger partial charge is 0.417 e. The van der Waals surface area contributed by atoms with Crippen LogP contribution in [0.2, 0.25) is 15.1 Å². The summed E-state index contributed by atoms with van der Waals surface area (Å²) in [7, 11) is 0. The number of rotatable bonds is 9. The van der Waals surface area contributed by atoms with Crippen molar-refractivity contribution in [3.8, 4) is 5.75 Å². The van der Waals surface area contributed by atoms with Crippen LogP contribution >= 0.6 is 34.8 Å². The van der Waals surface area contributed by atoms with Crippen molar-refractivity contribution in [1.82, 2.24) is 4.98 Å². The van der Waals surface area contributed by atoms with Gasteiger partial charge in [0.05, 0.1) is 16.3 Å². The molecule has 4 nitrogen and oxygen atoms in total. The van der Waals surface area contributed by atoms with Gasteiger partial charge in [-0.3, -0.25) is 4.98 Å². The van der Waals surface area contributed by atoms with Crippen molar-refractivity contribution in [2.24, 2.45) is 5.16 Å². The van der Waals surface area contributed by atoms with Gasteiger partial charge in [-0.1, -0.05) is 88.0 Å². The van der Waals surface area contributed by atoms with Crippen molar-refractivity contribution in [2.45, 2.75) is 26.1 Å². The molecule has 0 spiro atoms. The molecule has 202 valence electrons. The van der Waals surface area contributed by atoms with Crippen molar-refractivity contribution < 1.29 is 22.7 Å². The zero-order valence-corrected chi connectivity index (χ0v) is 22.9. The Labute approximate surface area is 238 Å². The van der Waals surface area contributed by atoms with Crippen molar-refractivity contribution in [3.05, 3.63) is 128 Å². The molecule has 0 aliphatic rings. The van der Waals surface area contributed by atoms with E-state index in [9.17, 15) is 13.2 Å². The Morgan fingerprint density at radius 1 is 0.897 bits per heavy atom. The Kier molecular flexibility index (Phi) is 9.38. The second-order valence-electron chi connectivity index (χ2n) is 8.67. The molecular formula is C29H22Cl3F3N2O2. The van der Waals surface area contributed by atoms with Crippen LogP contribution < -0.4 is 4.74 Å². The summed E-state index contributed by atoms with van der Waals surface area (Å²) in [6, 6.07) is 20.9. The summed E-state index contributed by atoms with van der Waals surface area (Å²) in [5.41, 5.74) is 3.54. The van der Waals surface area contributed by atoms with Gasteiger partial charge in [-0.2, -0.15) is 13.2 Å². The van der Waals surface area contributed by atoms with E-state index in [1.807, 2.05) is 31.2 Å². The lowest BCUT2D eigenvalue weighted by Gasteiger charge is -2.12. The highest BCUT2D eigenvalue weighted by molar-refractivity contribution is 6.35. The van der Waals surface area contributed by atoms with E-state index in [0.29, 0.717) is 27.2 Å². The van der Waals surface area contributed by atoms with E-state index in [1.165, 1.54) is 0 Å². The molecule has 10 heteroatoms. The van der Waals surface area contributed by atoms with E-state index in [1.54, 1.807) is 42.5 Å². The zero-order chi connectivity index (χ0) is 28.0. The van der Waals surface area contributed by atoms with Gasteiger partial charge in [-0.15, -0.1) is 0 Å². The Morgan fingerprint density at radius 3 is 2.26 bits per heavy atom. The average Bonchev–Trinajstić information content (AvgIpc) is 2.89. The lowest BCUT2D eigenvalue weighted by atomic mass is 10.1. The number of hydrogen-bond donors (Lipinski definition) is 0. The highest BCUT2D eigenvalue weighted by Gasteiger charge is 2.31. The molecule has 0 bridgehead atoms. The predicted molar refractivity (Wildman–Crippen MR) is 148 cm³/mol. The number of aromatic nitrogens is 1. The van der Waals surface area contributed by atoms with Crippen molar-refractivity contribution in [2.75, 3.05) is 6.61 Å². The van der Waals surface area contributed by atoms with Gasteiger partial charge in [0.2, 0.25) is 0 Å². The van der Waals surface area contributed by atoms with Crippen molar-refractivity contribution in [1.29, 1.82) is 0 Å². The number of benzene rings is 3. The molecule has 4 rings (SSSR count). The summed E-state index contributed by atoms with van der Waals surface area (Å²) in [6.45, 7) is 2.27. The first-order chi connectivity index (χ1) is 18.6. The van der Waals surface area contributed by atoms with Gasteiger partial charge in [-0.25, -0.2) is 0 Å². The molecule has 0 unspecified atom stereocenters. The molecule has 4 aromatic rings. The molecule has 0 atom stereocenters. The number of nitrogens with zero attached hydrogens (tertiary/aromatic N) is 2. The average molecular weight is 594 g/mol. The third kappa shape index (κ3) is 8.12. The Balaban J connectivity index is 1.42. The topological polar surface area (TPSA) is 43.7 Å². The third-order valence-electron chi connectivity index (χ3n) is 5.71. The van der Waals surface area contributed by atoms with Crippen LogP contribution in [0.5, 0.6) is 5.75 Å². The number of halogens is 6. The number of ether oxygens (including phenoxy) is 1. The zero-order valence-electron chi connectivity index (χ0n) is 20.6. The fourth-order valence-corrected chi connectivity index (χ4v) is 4.22. The van der Waals surface area contributed by atoms with Crippen LogP contribution in [0.3, 0.4) is 0 Å². The first kappa shape index (κ1) is 28.7. The maximum absolute atomic E-state index is 12.9. The third-order valence-corrected chi connectivity index (χ3v) is 6.62. The molecule has 0 N–H and O–H groups in total. The maximum Gasteiger partial charge on any atom is 0.417 e. The Bertz CT molecular complexity index is 1460. The molecule has 1 aromatic heterocycles. The van der Waals surface area contributed by atoms with Crippen LogP contribution in [-0.4, -0.2) is 17.3 Å².